The number of ether oxygens (including phenoxy) is 1. The van der Waals surface area contributed by atoms with Gasteiger partial charge in [-0.1, -0.05) is 11.6 Å². The van der Waals surface area contributed by atoms with Crippen LogP contribution in [-0.2, 0) is 4.74 Å². The summed E-state index contributed by atoms with van der Waals surface area (Å²) in [7, 11) is 0. The fraction of sp³-hybridized carbons (Fsp3) is 0.750. The van der Waals surface area contributed by atoms with Gasteiger partial charge in [-0.2, -0.15) is 0 Å². The van der Waals surface area contributed by atoms with Gasteiger partial charge in [0.2, 0.25) is 5.95 Å². The van der Waals surface area contributed by atoms with Gasteiger partial charge in [-0.15, -0.1) is 0 Å². The molecule has 7 heteroatoms. The summed E-state index contributed by atoms with van der Waals surface area (Å²) in [4.78, 5) is 13.3. The predicted molar refractivity (Wildman–Crippen MR) is 87.7 cm³/mol. The van der Waals surface area contributed by atoms with Gasteiger partial charge in [-0.25, -0.2) is 9.97 Å². The van der Waals surface area contributed by atoms with Crippen LogP contribution < -0.4 is 4.90 Å². The van der Waals surface area contributed by atoms with Crippen molar-refractivity contribution in [2.24, 2.45) is 11.8 Å². The maximum Gasteiger partial charge on any atom is 0.225 e. The second-order valence-electron chi connectivity index (χ2n) is 6.88. The lowest BCUT2D eigenvalue weighted by Crippen LogP contribution is -2.53. The lowest BCUT2D eigenvalue weighted by molar-refractivity contribution is -0.0520. The zero-order chi connectivity index (χ0) is 15.8. The molecule has 23 heavy (non-hydrogen) atoms. The summed E-state index contributed by atoms with van der Waals surface area (Å²) in [5.74, 6) is 1.88. The van der Waals surface area contributed by atoms with E-state index in [4.69, 9.17) is 16.3 Å². The molecule has 126 valence electrons. The van der Waals surface area contributed by atoms with Gasteiger partial charge in [0.05, 0.1) is 36.7 Å². The molecule has 0 radical (unpaired) electrons. The van der Waals surface area contributed by atoms with Crippen LogP contribution >= 0.6 is 11.6 Å². The quantitative estimate of drug-likeness (QED) is 0.869. The van der Waals surface area contributed by atoms with Crippen LogP contribution in [0.3, 0.4) is 0 Å². The Kier molecular flexibility index (Phi) is 4.41. The number of rotatable bonds is 2. The molecule has 0 unspecified atom stereocenters. The Balaban J connectivity index is 1.44. The first-order chi connectivity index (χ1) is 11.2. The van der Waals surface area contributed by atoms with Crippen molar-refractivity contribution in [1.82, 2.24) is 14.9 Å². The van der Waals surface area contributed by atoms with Crippen molar-refractivity contribution in [3.8, 4) is 0 Å². The monoisotopic (exact) mass is 338 g/mol. The van der Waals surface area contributed by atoms with Crippen LogP contribution in [0, 0.1) is 11.8 Å². The van der Waals surface area contributed by atoms with Crippen LogP contribution in [0.4, 0.5) is 5.95 Å². The van der Waals surface area contributed by atoms with Gasteiger partial charge >= 0.3 is 0 Å². The highest BCUT2D eigenvalue weighted by molar-refractivity contribution is 6.30. The fourth-order valence-electron chi connectivity index (χ4n) is 4.34. The number of hydrogen-bond donors (Lipinski definition) is 1. The van der Waals surface area contributed by atoms with Crippen LogP contribution in [0.1, 0.15) is 12.8 Å². The molecule has 0 amide bonds. The number of fused-ring (bicyclic) bond motifs is 1. The number of hydrogen-bond acceptors (Lipinski definition) is 6. The SMILES string of the molecule is O[C@@H]1C[C@H]2CN(c3ncc(Cl)cn3)C[C@H]2C[C@H]1N1CCOCC1. The summed E-state index contributed by atoms with van der Waals surface area (Å²) in [6.45, 7) is 5.33. The van der Waals surface area contributed by atoms with E-state index in [0.29, 0.717) is 16.9 Å². The van der Waals surface area contributed by atoms with Crippen LogP contribution in [0.15, 0.2) is 12.4 Å². The highest BCUT2D eigenvalue weighted by Gasteiger charge is 2.44. The highest BCUT2D eigenvalue weighted by atomic mass is 35.5. The van der Waals surface area contributed by atoms with Crippen LogP contribution in [0.2, 0.25) is 5.02 Å². The lowest BCUT2D eigenvalue weighted by atomic mass is 9.77. The smallest absolute Gasteiger partial charge is 0.225 e. The molecule has 0 spiro atoms. The molecule has 3 heterocycles. The summed E-state index contributed by atoms with van der Waals surface area (Å²) in [5.41, 5.74) is 0. The molecule has 3 aliphatic rings. The molecule has 0 bridgehead atoms. The topological polar surface area (TPSA) is 61.7 Å². The first kappa shape index (κ1) is 15.6. The average Bonchev–Trinajstić information content (AvgIpc) is 2.98. The molecule has 2 saturated heterocycles. The van der Waals surface area contributed by atoms with Crippen molar-refractivity contribution in [2.45, 2.75) is 25.0 Å². The standard InChI is InChI=1S/C16H23ClN4O2/c17-13-7-18-16(19-8-13)21-9-11-5-14(15(22)6-12(11)10-21)20-1-3-23-4-2-20/h7-8,11-12,14-15,22H,1-6,9-10H2/t11-,12+,14-,15-/m1/s1. The van der Waals surface area contributed by atoms with E-state index < -0.39 is 0 Å². The second-order valence-corrected chi connectivity index (χ2v) is 7.32. The zero-order valence-corrected chi connectivity index (χ0v) is 13.9. The summed E-state index contributed by atoms with van der Waals surface area (Å²) in [6.07, 6.45) is 4.99. The molecule has 6 nitrogen and oxygen atoms in total. The maximum atomic E-state index is 10.6. The molecule has 1 aromatic rings. The molecular weight excluding hydrogens is 316 g/mol. The molecule has 4 rings (SSSR count). The molecule has 1 aromatic heterocycles. The number of aromatic nitrogens is 2. The normalized spacial score (nSPS) is 35.3. The first-order valence-corrected chi connectivity index (χ1v) is 8.81. The average molecular weight is 339 g/mol. The minimum absolute atomic E-state index is 0.236. The van der Waals surface area contributed by atoms with E-state index in [1.165, 1.54) is 0 Å². The van der Waals surface area contributed by atoms with Crippen molar-refractivity contribution < 1.29 is 9.84 Å². The Morgan fingerprint density at radius 1 is 1.09 bits per heavy atom. The Morgan fingerprint density at radius 2 is 1.74 bits per heavy atom. The maximum absolute atomic E-state index is 10.6. The van der Waals surface area contributed by atoms with Gasteiger partial charge in [0, 0.05) is 32.2 Å². The molecule has 1 saturated carbocycles. The largest absolute Gasteiger partial charge is 0.391 e. The molecule has 0 aromatic carbocycles. The minimum atomic E-state index is -0.236. The molecule has 1 N–H and O–H groups in total. The number of morpholine rings is 1. The highest BCUT2D eigenvalue weighted by Crippen LogP contribution is 2.39. The molecule has 1 aliphatic carbocycles. The van der Waals surface area contributed by atoms with Crippen LogP contribution in [0.25, 0.3) is 0 Å². The number of halogens is 1. The predicted octanol–water partition coefficient (Wildman–Crippen LogP) is 1.04. The Labute approximate surface area is 141 Å². The van der Waals surface area contributed by atoms with E-state index >= 15 is 0 Å². The Morgan fingerprint density at radius 3 is 2.43 bits per heavy atom. The zero-order valence-electron chi connectivity index (χ0n) is 13.1. The third kappa shape index (κ3) is 3.18. The van der Waals surface area contributed by atoms with Gasteiger partial charge < -0.3 is 14.7 Å². The minimum Gasteiger partial charge on any atom is -0.391 e. The van der Waals surface area contributed by atoms with Crippen molar-refractivity contribution in [2.75, 3.05) is 44.3 Å². The molecule has 3 fully saturated rings. The summed E-state index contributed by atoms with van der Waals surface area (Å²) in [5, 5.41) is 11.2. The summed E-state index contributed by atoms with van der Waals surface area (Å²) < 4.78 is 5.44. The first-order valence-electron chi connectivity index (χ1n) is 8.43. The van der Waals surface area contributed by atoms with E-state index in [2.05, 4.69) is 19.8 Å². The van der Waals surface area contributed by atoms with Crippen molar-refractivity contribution in [3.63, 3.8) is 0 Å². The van der Waals surface area contributed by atoms with Gasteiger partial charge in [-0.05, 0) is 24.7 Å². The second kappa shape index (κ2) is 6.51. The summed E-state index contributed by atoms with van der Waals surface area (Å²) in [6, 6.07) is 0.270. The van der Waals surface area contributed by atoms with Gasteiger partial charge in [0.1, 0.15) is 0 Å². The van der Waals surface area contributed by atoms with Gasteiger partial charge in [0.25, 0.3) is 0 Å². The number of nitrogens with zero attached hydrogens (tertiary/aromatic N) is 4. The van der Waals surface area contributed by atoms with E-state index in [-0.39, 0.29) is 12.1 Å². The van der Waals surface area contributed by atoms with Crippen molar-refractivity contribution in [3.05, 3.63) is 17.4 Å². The molecule has 2 aliphatic heterocycles. The van der Waals surface area contributed by atoms with E-state index in [1.807, 2.05) is 0 Å². The number of anilines is 1. The molecule has 4 atom stereocenters. The van der Waals surface area contributed by atoms with E-state index in [9.17, 15) is 5.11 Å². The Bertz CT molecular complexity index is 537. The number of aliphatic hydroxyl groups is 1. The van der Waals surface area contributed by atoms with E-state index in [0.717, 1.165) is 58.2 Å². The van der Waals surface area contributed by atoms with Gasteiger partial charge in [-0.3, -0.25) is 4.90 Å². The van der Waals surface area contributed by atoms with Crippen LogP contribution in [0.5, 0.6) is 0 Å². The number of aliphatic hydroxyl groups excluding tert-OH is 1. The molecular formula is C16H23ClN4O2. The van der Waals surface area contributed by atoms with Crippen molar-refractivity contribution in [1.29, 1.82) is 0 Å². The van der Waals surface area contributed by atoms with Crippen LogP contribution in [-0.4, -0.2) is 71.5 Å². The van der Waals surface area contributed by atoms with Crippen molar-refractivity contribution >= 4 is 17.5 Å². The van der Waals surface area contributed by atoms with E-state index in [1.54, 1.807) is 12.4 Å². The Hall–Kier alpha value is -0.950. The summed E-state index contributed by atoms with van der Waals surface area (Å²) >= 11 is 5.87. The third-order valence-corrected chi connectivity index (χ3v) is 5.71. The lowest BCUT2D eigenvalue weighted by Gasteiger charge is -2.43. The third-order valence-electron chi connectivity index (χ3n) is 5.51. The van der Waals surface area contributed by atoms with Gasteiger partial charge in [0.15, 0.2) is 0 Å². The fourth-order valence-corrected chi connectivity index (χ4v) is 4.44.